The van der Waals surface area contributed by atoms with E-state index >= 15 is 0 Å². The van der Waals surface area contributed by atoms with Gasteiger partial charge in [-0.2, -0.15) is 0 Å². The molecule has 0 fully saturated rings. The molecule has 0 atom stereocenters. The van der Waals surface area contributed by atoms with Crippen LogP contribution in [-0.2, 0) is 18.5 Å². The van der Waals surface area contributed by atoms with Gasteiger partial charge in [0.1, 0.15) is 17.3 Å². The van der Waals surface area contributed by atoms with Crippen molar-refractivity contribution in [1.29, 1.82) is 0 Å². The average molecular weight is 374 g/mol. The first-order valence-corrected chi connectivity index (χ1v) is 9.05. The summed E-state index contributed by atoms with van der Waals surface area (Å²) in [5, 5.41) is 6.47. The highest BCUT2D eigenvalue weighted by molar-refractivity contribution is 5.79. The molecular weight excluding hydrogens is 344 g/mol. The zero-order valence-electron chi connectivity index (χ0n) is 17.0. The fourth-order valence-corrected chi connectivity index (χ4v) is 2.39. The predicted octanol–water partition coefficient (Wildman–Crippen LogP) is 3.24. The Labute approximate surface area is 161 Å². The third-order valence-electron chi connectivity index (χ3n) is 3.95. The lowest BCUT2D eigenvalue weighted by molar-refractivity contribution is 0.379. The first-order chi connectivity index (χ1) is 12.9. The number of oxazole rings is 1. The number of ether oxygens (including phenoxy) is 2. The first-order valence-electron chi connectivity index (χ1n) is 9.05. The summed E-state index contributed by atoms with van der Waals surface area (Å²) >= 11 is 0. The highest BCUT2D eigenvalue weighted by atomic mass is 16.5. The molecule has 2 rings (SSSR count). The minimum absolute atomic E-state index is 0.0608. The van der Waals surface area contributed by atoms with E-state index < -0.39 is 0 Å². The summed E-state index contributed by atoms with van der Waals surface area (Å²) in [6, 6.07) is 5.70. The molecule has 7 heteroatoms. The molecule has 0 saturated carbocycles. The SMILES string of the molecule is CCNC(=NCc1ccc(OC)cc1OC)NCc1ncc(C(C)(C)C)o1. The van der Waals surface area contributed by atoms with Crippen molar-refractivity contribution in [2.45, 2.75) is 46.2 Å². The van der Waals surface area contributed by atoms with E-state index in [0.717, 1.165) is 29.4 Å². The largest absolute Gasteiger partial charge is 0.497 e. The van der Waals surface area contributed by atoms with E-state index in [-0.39, 0.29) is 5.41 Å². The van der Waals surface area contributed by atoms with E-state index in [2.05, 4.69) is 41.4 Å². The summed E-state index contributed by atoms with van der Waals surface area (Å²) in [5.41, 5.74) is 0.913. The van der Waals surface area contributed by atoms with E-state index in [1.54, 1.807) is 20.4 Å². The van der Waals surface area contributed by atoms with Crippen LogP contribution in [0.4, 0.5) is 0 Å². The second kappa shape index (κ2) is 9.30. The van der Waals surface area contributed by atoms with E-state index in [1.807, 2.05) is 25.1 Å². The molecule has 7 nitrogen and oxygen atoms in total. The van der Waals surface area contributed by atoms with Crippen LogP contribution in [0.5, 0.6) is 11.5 Å². The van der Waals surface area contributed by atoms with Crippen molar-refractivity contribution in [1.82, 2.24) is 15.6 Å². The topological polar surface area (TPSA) is 80.9 Å². The van der Waals surface area contributed by atoms with Gasteiger partial charge in [-0.3, -0.25) is 0 Å². The molecule has 148 valence electrons. The van der Waals surface area contributed by atoms with Gasteiger partial charge in [-0.1, -0.05) is 20.8 Å². The number of hydrogen-bond donors (Lipinski definition) is 2. The van der Waals surface area contributed by atoms with Crippen LogP contribution in [0.2, 0.25) is 0 Å². The van der Waals surface area contributed by atoms with E-state index in [9.17, 15) is 0 Å². The van der Waals surface area contributed by atoms with Gasteiger partial charge in [0.2, 0.25) is 5.89 Å². The first kappa shape index (κ1) is 20.6. The molecule has 2 N–H and O–H groups in total. The van der Waals surface area contributed by atoms with Gasteiger partial charge < -0.3 is 24.5 Å². The number of guanidine groups is 1. The van der Waals surface area contributed by atoms with Crippen molar-refractivity contribution < 1.29 is 13.9 Å². The van der Waals surface area contributed by atoms with Crippen LogP contribution in [0, 0.1) is 0 Å². The van der Waals surface area contributed by atoms with E-state index in [4.69, 9.17) is 13.9 Å². The second-order valence-corrected chi connectivity index (χ2v) is 7.09. The van der Waals surface area contributed by atoms with Crippen LogP contribution in [0.15, 0.2) is 33.8 Å². The molecule has 27 heavy (non-hydrogen) atoms. The summed E-state index contributed by atoms with van der Waals surface area (Å²) in [5.74, 6) is 3.68. The van der Waals surface area contributed by atoms with Crippen LogP contribution in [0.1, 0.15) is 44.9 Å². The summed E-state index contributed by atoms with van der Waals surface area (Å²) < 4.78 is 16.5. The van der Waals surface area contributed by atoms with Crippen molar-refractivity contribution >= 4 is 5.96 Å². The Hall–Kier alpha value is -2.70. The molecule has 0 aliphatic rings. The number of methoxy groups -OCH3 is 2. The van der Waals surface area contributed by atoms with Crippen molar-refractivity contribution in [3.63, 3.8) is 0 Å². The van der Waals surface area contributed by atoms with Gasteiger partial charge in [-0.25, -0.2) is 9.98 Å². The zero-order chi connectivity index (χ0) is 19.9. The van der Waals surface area contributed by atoms with Gasteiger partial charge in [0.25, 0.3) is 0 Å². The fourth-order valence-electron chi connectivity index (χ4n) is 2.39. The molecule has 0 spiro atoms. The fraction of sp³-hybridized carbons (Fsp3) is 0.500. The minimum Gasteiger partial charge on any atom is -0.497 e. The maximum atomic E-state index is 5.81. The predicted molar refractivity (Wildman–Crippen MR) is 106 cm³/mol. The maximum absolute atomic E-state index is 5.81. The molecule has 1 heterocycles. The molecule has 2 aromatic rings. The molecule has 0 aliphatic heterocycles. The van der Waals surface area contributed by atoms with Crippen molar-refractivity contribution in [3.05, 3.63) is 41.6 Å². The Balaban J connectivity index is 2.05. The third kappa shape index (κ3) is 5.91. The number of aliphatic imine (C=N–C) groups is 1. The highest BCUT2D eigenvalue weighted by Crippen LogP contribution is 2.25. The number of hydrogen-bond acceptors (Lipinski definition) is 5. The molecular formula is C20H30N4O3. The number of rotatable bonds is 7. The average Bonchev–Trinajstić information content (AvgIpc) is 3.13. The van der Waals surface area contributed by atoms with Crippen LogP contribution >= 0.6 is 0 Å². The van der Waals surface area contributed by atoms with Crippen molar-refractivity contribution in [2.24, 2.45) is 4.99 Å². The Morgan fingerprint density at radius 1 is 1.19 bits per heavy atom. The molecule has 1 aromatic heterocycles. The number of nitrogens with one attached hydrogen (secondary N) is 2. The molecule has 0 radical (unpaired) electrons. The Morgan fingerprint density at radius 3 is 2.56 bits per heavy atom. The normalized spacial score (nSPS) is 12.0. The molecule has 0 saturated heterocycles. The summed E-state index contributed by atoms with van der Waals surface area (Å²) in [4.78, 5) is 8.96. The van der Waals surface area contributed by atoms with E-state index in [0.29, 0.717) is 24.9 Å². The van der Waals surface area contributed by atoms with Crippen molar-refractivity contribution in [2.75, 3.05) is 20.8 Å². The Kier molecular flexibility index (Phi) is 7.10. The summed E-state index contributed by atoms with van der Waals surface area (Å²) in [7, 11) is 3.27. The lowest BCUT2D eigenvalue weighted by Crippen LogP contribution is -2.36. The summed E-state index contributed by atoms with van der Waals surface area (Å²) in [6.45, 7) is 10.00. The van der Waals surface area contributed by atoms with Crippen LogP contribution in [0.3, 0.4) is 0 Å². The molecule has 0 bridgehead atoms. The Morgan fingerprint density at radius 2 is 1.96 bits per heavy atom. The lowest BCUT2D eigenvalue weighted by atomic mass is 9.94. The molecule has 0 unspecified atom stereocenters. The van der Waals surface area contributed by atoms with Gasteiger partial charge in [0.15, 0.2) is 5.96 Å². The zero-order valence-corrected chi connectivity index (χ0v) is 17.0. The standard InChI is InChI=1S/C20H30N4O3/c1-7-21-19(24-13-18-22-12-17(27-18)20(2,3)4)23-11-14-8-9-15(25-5)10-16(14)26-6/h8-10,12H,7,11,13H2,1-6H3,(H2,21,23,24). The van der Waals surface area contributed by atoms with Gasteiger partial charge >= 0.3 is 0 Å². The second-order valence-electron chi connectivity index (χ2n) is 7.09. The monoisotopic (exact) mass is 374 g/mol. The van der Waals surface area contributed by atoms with Crippen molar-refractivity contribution in [3.8, 4) is 11.5 Å². The highest BCUT2D eigenvalue weighted by Gasteiger charge is 2.19. The van der Waals surface area contributed by atoms with Crippen LogP contribution < -0.4 is 20.1 Å². The van der Waals surface area contributed by atoms with Gasteiger partial charge in [-0.15, -0.1) is 0 Å². The van der Waals surface area contributed by atoms with Gasteiger partial charge in [0.05, 0.1) is 33.5 Å². The number of nitrogens with zero attached hydrogens (tertiary/aromatic N) is 2. The maximum Gasteiger partial charge on any atom is 0.213 e. The number of aromatic nitrogens is 1. The molecule has 1 aromatic carbocycles. The van der Waals surface area contributed by atoms with Gasteiger partial charge in [-0.05, 0) is 19.1 Å². The molecule has 0 aliphatic carbocycles. The smallest absolute Gasteiger partial charge is 0.213 e. The third-order valence-corrected chi connectivity index (χ3v) is 3.95. The quantitative estimate of drug-likeness (QED) is 0.572. The Bertz CT molecular complexity index is 763. The van der Waals surface area contributed by atoms with Gasteiger partial charge in [0, 0.05) is 23.6 Å². The summed E-state index contributed by atoms with van der Waals surface area (Å²) in [6.07, 6.45) is 1.78. The minimum atomic E-state index is -0.0608. The van der Waals surface area contributed by atoms with Crippen LogP contribution in [0.25, 0.3) is 0 Å². The molecule has 0 amide bonds. The lowest BCUT2D eigenvalue weighted by Gasteiger charge is -2.13. The van der Waals surface area contributed by atoms with E-state index in [1.165, 1.54) is 0 Å². The number of benzene rings is 1. The van der Waals surface area contributed by atoms with Crippen LogP contribution in [-0.4, -0.2) is 31.7 Å².